The van der Waals surface area contributed by atoms with Crippen molar-refractivity contribution < 1.29 is 4.42 Å². The lowest BCUT2D eigenvalue weighted by molar-refractivity contribution is 0.105. The molecule has 0 aromatic carbocycles. The molecule has 3 fully saturated rings. The van der Waals surface area contributed by atoms with Gasteiger partial charge in [-0.05, 0) is 87.4 Å². The molecule has 0 radical (unpaired) electrons. The molecule has 27 heavy (non-hydrogen) atoms. The molecule has 3 aliphatic rings. The van der Waals surface area contributed by atoms with E-state index in [9.17, 15) is 0 Å². The van der Waals surface area contributed by atoms with Gasteiger partial charge >= 0.3 is 0 Å². The Hall–Kier alpha value is -0.860. The van der Waals surface area contributed by atoms with E-state index in [1.165, 1.54) is 83.5 Å². The first-order valence-electron chi connectivity index (χ1n) is 11.8. The molecule has 0 bridgehead atoms. The van der Waals surface area contributed by atoms with Gasteiger partial charge in [-0.25, -0.2) is 0 Å². The summed E-state index contributed by atoms with van der Waals surface area (Å²) in [5, 5.41) is 8.91. The lowest BCUT2D eigenvalue weighted by Crippen LogP contribution is -2.30. The maximum absolute atomic E-state index is 6.17. The molecule has 3 saturated carbocycles. The van der Waals surface area contributed by atoms with Crippen LogP contribution in [0.2, 0.25) is 0 Å². The molecule has 0 saturated heterocycles. The molecule has 0 amide bonds. The molecule has 0 aliphatic heterocycles. The van der Waals surface area contributed by atoms with E-state index in [1.54, 1.807) is 0 Å². The quantitative estimate of drug-likeness (QED) is 0.561. The molecule has 1 heterocycles. The fourth-order valence-corrected chi connectivity index (χ4v) is 6.22. The van der Waals surface area contributed by atoms with Crippen LogP contribution in [-0.2, 0) is 0 Å². The predicted octanol–water partition coefficient (Wildman–Crippen LogP) is 7.24. The van der Waals surface area contributed by atoms with Gasteiger partial charge in [-0.1, -0.05) is 40.0 Å². The van der Waals surface area contributed by atoms with Crippen molar-refractivity contribution in [1.29, 1.82) is 0 Å². The minimum absolute atomic E-state index is 0.497. The van der Waals surface area contributed by atoms with Crippen LogP contribution < -0.4 is 0 Å². The Balaban J connectivity index is 1.26. The average molecular weight is 373 g/mol. The van der Waals surface area contributed by atoms with Crippen molar-refractivity contribution in [2.45, 2.75) is 116 Å². The summed E-state index contributed by atoms with van der Waals surface area (Å²) in [5.41, 5.74) is 0.497. The predicted molar refractivity (Wildman–Crippen MR) is 110 cm³/mol. The fraction of sp³-hybridized carbons (Fsp3) is 0.917. The van der Waals surface area contributed by atoms with E-state index in [4.69, 9.17) is 4.42 Å². The summed E-state index contributed by atoms with van der Waals surface area (Å²) in [6, 6.07) is 0. The first kappa shape index (κ1) is 19.5. The van der Waals surface area contributed by atoms with Crippen molar-refractivity contribution >= 4 is 0 Å². The van der Waals surface area contributed by atoms with Crippen molar-refractivity contribution in [3.8, 4) is 0 Å². The molecule has 3 nitrogen and oxygen atoms in total. The molecule has 1 aromatic rings. The highest BCUT2D eigenvalue weighted by Gasteiger charge is 2.35. The van der Waals surface area contributed by atoms with Gasteiger partial charge < -0.3 is 4.42 Å². The summed E-state index contributed by atoms with van der Waals surface area (Å²) in [4.78, 5) is 0. The van der Waals surface area contributed by atoms with Gasteiger partial charge in [0, 0.05) is 11.8 Å². The summed E-state index contributed by atoms with van der Waals surface area (Å²) in [6.45, 7) is 7.28. The van der Waals surface area contributed by atoms with Crippen LogP contribution in [0.3, 0.4) is 0 Å². The van der Waals surface area contributed by atoms with Crippen molar-refractivity contribution in [1.82, 2.24) is 10.2 Å². The zero-order valence-electron chi connectivity index (χ0n) is 17.9. The van der Waals surface area contributed by atoms with Gasteiger partial charge in [-0.15, -0.1) is 10.2 Å². The third kappa shape index (κ3) is 4.59. The Morgan fingerprint density at radius 3 is 1.63 bits per heavy atom. The van der Waals surface area contributed by atoms with Crippen LogP contribution in [0, 0.1) is 23.2 Å². The second-order valence-corrected chi connectivity index (χ2v) is 10.9. The Kier molecular flexibility index (Phi) is 5.94. The fourth-order valence-electron chi connectivity index (χ4n) is 6.22. The SMILES string of the molecule is CC(C)(C)C1CCC(C2CCC(c3nnc(C4CCCCC4)o3)CC2)CC1. The summed E-state index contributed by atoms with van der Waals surface area (Å²) in [5.74, 6) is 5.80. The van der Waals surface area contributed by atoms with E-state index in [0.29, 0.717) is 17.3 Å². The Morgan fingerprint density at radius 2 is 1.11 bits per heavy atom. The van der Waals surface area contributed by atoms with Crippen LogP contribution >= 0.6 is 0 Å². The number of nitrogens with zero attached hydrogens (tertiary/aromatic N) is 2. The van der Waals surface area contributed by atoms with Gasteiger partial charge in [-0.3, -0.25) is 0 Å². The third-order valence-electron chi connectivity index (χ3n) is 8.19. The van der Waals surface area contributed by atoms with Crippen molar-refractivity contribution in [2.24, 2.45) is 23.2 Å². The molecule has 0 N–H and O–H groups in total. The standard InChI is InChI=1S/C24H40N2O/c1-24(2,3)21-15-13-18(14-16-21)17-9-11-20(12-10-17)23-26-25-22(27-23)19-7-5-4-6-8-19/h17-21H,4-16H2,1-3H3. The summed E-state index contributed by atoms with van der Waals surface area (Å²) in [7, 11) is 0. The van der Waals surface area contributed by atoms with Crippen LogP contribution in [0.5, 0.6) is 0 Å². The summed E-state index contributed by atoms with van der Waals surface area (Å²) in [6.07, 6.45) is 17.6. The Bertz CT molecular complexity index is 580. The first-order chi connectivity index (χ1) is 13.0. The zero-order chi connectivity index (χ0) is 18.9. The molecule has 0 unspecified atom stereocenters. The van der Waals surface area contributed by atoms with Crippen LogP contribution in [0.1, 0.15) is 128 Å². The van der Waals surface area contributed by atoms with E-state index in [2.05, 4.69) is 31.0 Å². The minimum atomic E-state index is 0.497. The molecule has 3 aliphatic carbocycles. The lowest BCUT2D eigenvalue weighted by atomic mass is 9.65. The lowest BCUT2D eigenvalue weighted by Gasteiger charge is -2.41. The topological polar surface area (TPSA) is 38.9 Å². The van der Waals surface area contributed by atoms with Gasteiger partial charge in [0.25, 0.3) is 0 Å². The molecule has 0 atom stereocenters. The van der Waals surface area contributed by atoms with Gasteiger partial charge in [0.1, 0.15) is 0 Å². The molecule has 0 spiro atoms. The Morgan fingerprint density at radius 1 is 0.630 bits per heavy atom. The van der Waals surface area contributed by atoms with Crippen LogP contribution in [0.25, 0.3) is 0 Å². The smallest absolute Gasteiger partial charge is 0.219 e. The first-order valence-corrected chi connectivity index (χ1v) is 11.8. The van der Waals surface area contributed by atoms with Crippen molar-refractivity contribution in [3.63, 3.8) is 0 Å². The summed E-state index contributed by atoms with van der Waals surface area (Å²) >= 11 is 0. The van der Waals surface area contributed by atoms with Crippen LogP contribution in [0.4, 0.5) is 0 Å². The van der Waals surface area contributed by atoms with E-state index in [1.807, 2.05) is 0 Å². The van der Waals surface area contributed by atoms with Crippen LogP contribution in [-0.4, -0.2) is 10.2 Å². The maximum atomic E-state index is 6.17. The molecule has 152 valence electrons. The second-order valence-electron chi connectivity index (χ2n) is 10.9. The third-order valence-corrected chi connectivity index (χ3v) is 8.19. The second kappa shape index (κ2) is 8.25. The van der Waals surface area contributed by atoms with E-state index in [-0.39, 0.29) is 0 Å². The molecule has 1 aromatic heterocycles. The summed E-state index contributed by atoms with van der Waals surface area (Å²) < 4.78 is 6.17. The molecule has 4 rings (SSSR count). The average Bonchev–Trinajstić information content (AvgIpc) is 3.19. The minimum Gasteiger partial charge on any atom is -0.425 e. The molecule has 3 heteroatoms. The van der Waals surface area contributed by atoms with E-state index >= 15 is 0 Å². The molecular weight excluding hydrogens is 332 g/mol. The van der Waals surface area contributed by atoms with Gasteiger partial charge in [-0.2, -0.15) is 0 Å². The monoisotopic (exact) mass is 372 g/mol. The highest BCUT2D eigenvalue weighted by molar-refractivity contribution is 4.99. The highest BCUT2D eigenvalue weighted by Crippen LogP contribution is 2.47. The number of rotatable bonds is 3. The van der Waals surface area contributed by atoms with E-state index in [0.717, 1.165) is 29.5 Å². The number of hydrogen-bond donors (Lipinski definition) is 0. The van der Waals surface area contributed by atoms with E-state index < -0.39 is 0 Å². The number of aromatic nitrogens is 2. The zero-order valence-corrected chi connectivity index (χ0v) is 17.9. The normalized spacial score (nSPS) is 33.9. The van der Waals surface area contributed by atoms with Gasteiger partial charge in [0.05, 0.1) is 0 Å². The van der Waals surface area contributed by atoms with Gasteiger partial charge in [0.15, 0.2) is 0 Å². The van der Waals surface area contributed by atoms with Gasteiger partial charge in [0.2, 0.25) is 11.8 Å². The largest absolute Gasteiger partial charge is 0.425 e. The Labute approximate surface area is 166 Å². The highest BCUT2D eigenvalue weighted by atomic mass is 16.4. The van der Waals surface area contributed by atoms with Crippen molar-refractivity contribution in [3.05, 3.63) is 11.8 Å². The number of hydrogen-bond acceptors (Lipinski definition) is 3. The van der Waals surface area contributed by atoms with Crippen LogP contribution in [0.15, 0.2) is 4.42 Å². The maximum Gasteiger partial charge on any atom is 0.219 e. The molecular formula is C24H40N2O. The van der Waals surface area contributed by atoms with Crippen molar-refractivity contribution in [2.75, 3.05) is 0 Å².